The Labute approximate surface area is 162 Å². The largest absolute Gasteiger partial charge is 0.467 e. The van der Waals surface area contributed by atoms with E-state index >= 15 is 0 Å². The van der Waals surface area contributed by atoms with E-state index in [-0.39, 0.29) is 12.1 Å². The van der Waals surface area contributed by atoms with Crippen molar-refractivity contribution < 1.29 is 13.9 Å². The molecule has 0 bridgehead atoms. The van der Waals surface area contributed by atoms with Crippen molar-refractivity contribution >= 4 is 6.03 Å². The second-order valence-electron chi connectivity index (χ2n) is 7.70. The molecule has 1 aromatic carbocycles. The summed E-state index contributed by atoms with van der Waals surface area (Å²) in [6.45, 7) is 10.1. The molecule has 1 unspecified atom stereocenters. The van der Waals surface area contributed by atoms with Crippen LogP contribution in [0.25, 0.3) is 0 Å². The molecule has 1 heterocycles. The number of furan rings is 1. The first-order valence-electron chi connectivity index (χ1n) is 9.58. The number of rotatable bonds is 9. The Morgan fingerprint density at radius 3 is 2.37 bits per heavy atom. The number of benzene rings is 1. The van der Waals surface area contributed by atoms with Crippen molar-refractivity contribution in [3.8, 4) is 0 Å². The number of ether oxygens (including phenoxy) is 1. The Morgan fingerprint density at radius 2 is 1.81 bits per heavy atom. The summed E-state index contributed by atoms with van der Waals surface area (Å²) >= 11 is 0. The van der Waals surface area contributed by atoms with Crippen molar-refractivity contribution in [2.75, 3.05) is 20.3 Å². The molecule has 2 aromatic rings. The number of nitrogens with zero attached hydrogens (tertiary/aromatic N) is 1. The molecule has 1 aromatic heterocycles. The lowest BCUT2D eigenvalue weighted by Crippen LogP contribution is -2.40. The summed E-state index contributed by atoms with van der Waals surface area (Å²) in [7, 11) is 1.79. The highest BCUT2D eigenvalue weighted by atomic mass is 16.5. The third kappa shape index (κ3) is 6.75. The predicted octanol–water partition coefficient (Wildman–Crippen LogP) is 4.96. The summed E-state index contributed by atoms with van der Waals surface area (Å²) in [5.41, 5.74) is 2.40. The number of carbonyl (C=O) groups is 1. The van der Waals surface area contributed by atoms with E-state index in [9.17, 15) is 4.79 Å². The quantitative estimate of drug-likeness (QED) is 0.677. The zero-order chi connectivity index (χ0) is 19.8. The van der Waals surface area contributed by atoms with Gasteiger partial charge < -0.3 is 19.4 Å². The van der Waals surface area contributed by atoms with E-state index in [0.717, 1.165) is 5.56 Å². The van der Waals surface area contributed by atoms with E-state index in [1.807, 2.05) is 12.1 Å². The normalized spacial score (nSPS) is 12.4. The van der Waals surface area contributed by atoms with Crippen LogP contribution in [0.2, 0.25) is 0 Å². The third-order valence-corrected chi connectivity index (χ3v) is 4.33. The molecule has 1 N–H and O–H groups in total. The molecule has 0 aliphatic carbocycles. The summed E-state index contributed by atoms with van der Waals surface area (Å²) in [4.78, 5) is 14.3. The van der Waals surface area contributed by atoms with Gasteiger partial charge in [-0.05, 0) is 35.1 Å². The lowest BCUT2D eigenvalue weighted by molar-refractivity contribution is 0.0849. The smallest absolute Gasteiger partial charge is 0.318 e. The Kier molecular flexibility index (Phi) is 7.92. The fourth-order valence-electron chi connectivity index (χ4n) is 2.72. The molecule has 0 fully saturated rings. The van der Waals surface area contributed by atoms with Crippen LogP contribution in [0.15, 0.2) is 47.1 Å². The van der Waals surface area contributed by atoms with Gasteiger partial charge in [-0.2, -0.15) is 0 Å². The minimum Gasteiger partial charge on any atom is -0.467 e. The first-order chi connectivity index (χ1) is 12.9. The van der Waals surface area contributed by atoms with Gasteiger partial charge in [-0.25, -0.2) is 4.79 Å². The van der Waals surface area contributed by atoms with E-state index in [1.54, 1.807) is 18.2 Å². The zero-order valence-electron chi connectivity index (χ0n) is 17.1. The van der Waals surface area contributed by atoms with Crippen molar-refractivity contribution in [3.05, 3.63) is 59.5 Å². The molecular weight excluding hydrogens is 340 g/mol. The number of urea groups is 1. The SMILES string of the molecule is CC(C)COCC(NC(=O)N(C)Cc1ccc(C(C)C)cc1)c1ccco1. The summed E-state index contributed by atoms with van der Waals surface area (Å²) in [5.74, 6) is 1.64. The van der Waals surface area contributed by atoms with Gasteiger partial charge in [0.25, 0.3) is 0 Å². The van der Waals surface area contributed by atoms with Crippen LogP contribution in [-0.2, 0) is 11.3 Å². The van der Waals surface area contributed by atoms with Crippen LogP contribution in [0.1, 0.15) is 56.5 Å². The van der Waals surface area contributed by atoms with Gasteiger partial charge >= 0.3 is 6.03 Å². The van der Waals surface area contributed by atoms with Gasteiger partial charge in [-0.3, -0.25) is 0 Å². The maximum absolute atomic E-state index is 12.6. The minimum absolute atomic E-state index is 0.155. The van der Waals surface area contributed by atoms with Crippen LogP contribution in [0.4, 0.5) is 4.79 Å². The van der Waals surface area contributed by atoms with Gasteiger partial charge in [0.1, 0.15) is 11.8 Å². The second-order valence-corrected chi connectivity index (χ2v) is 7.70. The molecule has 5 nitrogen and oxygen atoms in total. The fraction of sp³-hybridized carbons (Fsp3) is 0.500. The molecule has 0 radical (unpaired) electrons. The fourth-order valence-corrected chi connectivity index (χ4v) is 2.72. The minimum atomic E-state index is -0.308. The molecule has 27 heavy (non-hydrogen) atoms. The number of amides is 2. The van der Waals surface area contributed by atoms with Gasteiger partial charge in [0, 0.05) is 20.2 Å². The number of hydrogen-bond acceptors (Lipinski definition) is 3. The van der Waals surface area contributed by atoms with E-state index in [4.69, 9.17) is 9.15 Å². The van der Waals surface area contributed by atoms with Gasteiger partial charge in [-0.1, -0.05) is 52.0 Å². The zero-order valence-corrected chi connectivity index (χ0v) is 17.1. The number of hydrogen-bond donors (Lipinski definition) is 1. The molecule has 0 aliphatic rings. The molecule has 2 rings (SSSR count). The van der Waals surface area contributed by atoms with Gasteiger partial charge in [0.15, 0.2) is 0 Å². The van der Waals surface area contributed by atoms with E-state index in [2.05, 4.69) is 57.3 Å². The van der Waals surface area contributed by atoms with Crippen LogP contribution in [0.3, 0.4) is 0 Å². The molecule has 2 amide bonds. The molecule has 0 saturated carbocycles. The van der Waals surface area contributed by atoms with E-state index < -0.39 is 0 Å². The van der Waals surface area contributed by atoms with Crippen LogP contribution in [0.5, 0.6) is 0 Å². The Hall–Kier alpha value is -2.27. The van der Waals surface area contributed by atoms with Gasteiger partial charge in [0.05, 0.1) is 12.9 Å². The summed E-state index contributed by atoms with van der Waals surface area (Å²) in [6, 6.07) is 11.6. The lowest BCUT2D eigenvalue weighted by atomic mass is 10.0. The average Bonchev–Trinajstić information content (AvgIpc) is 3.15. The van der Waals surface area contributed by atoms with Crippen molar-refractivity contribution in [1.29, 1.82) is 0 Å². The lowest BCUT2D eigenvalue weighted by Gasteiger charge is -2.23. The first-order valence-corrected chi connectivity index (χ1v) is 9.58. The number of carbonyl (C=O) groups excluding carboxylic acids is 1. The molecule has 1 atom stereocenters. The highest BCUT2D eigenvalue weighted by Gasteiger charge is 2.20. The molecular formula is C22H32N2O3. The van der Waals surface area contributed by atoms with Crippen LogP contribution in [0, 0.1) is 5.92 Å². The van der Waals surface area contributed by atoms with Crippen LogP contribution >= 0.6 is 0 Å². The average molecular weight is 373 g/mol. The van der Waals surface area contributed by atoms with Crippen molar-refractivity contribution in [2.24, 2.45) is 5.92 Å². The molecule has 0 aliphatic heterocycles. The predicted molar refractivity (Wildman–Crippen MR) is 108 cm³/mol. The monoisotopic (exact) mass is 372 g/mol. The highest BCUT2D eigenvalue weighted by Crippen LogP contribution is 2.17. The van der Waals surface area contributed by atoms with Crippen molar-refractivity contribution in [2.45, 2.75) is 46.2 Å². The molecule has 148 valence electrons. The molecule has 5 heteroatoms. The van der Waals surface area contributed by atoms with Crippen molar-refractivity contribution in [1.82, 2.24) is 10.2 Å². The van der Waals surface area contributed by atoms with Crippen LogP contribution < -0.4 is 5.32 Å². The van der Waals surface area contributed by atoms with Crippen LogP contribution in [-0.4, -0.2) is 31.2 Å². The third-order valence-electron chi connectivity index (χ3n) is 4.33. The van der Waals surface area contributed by atoms with E-state index in [0.29, 0.717) is 37.4 Å². The Morgan fingerprint density at radius 1 is 1.11 bits per heavy atom. The Bertz CT molecular complexity index is 678. The van der Waals surface area contributed by atoms with Crippen molar-refractivity contribution in [3.63, 3.8) is 0 Å². The second kappa shape index (κ2) is 10.2. The maximum atomic E-state index is 12.6. The summed E-state index contributed by atoms with van der Waals surface area (Å²) in [6.07, 6.45) is 1.61. The summed E-state index contributed by atoms with van der Waals surface area (Å²) in [5, 5.41) is 3.01. The first kappa shape index (κ1) is 21.0. The van der Waals surface area contributed by atoms with Gasteiger partial charge in [-0.15, -0.1) is 0 Å². The standard InChI is InChI=1S/C22H32N2O3/c1-16(2)14-26-15-20(21-7-6-12-27-21)23-22(25)24(5)13-18-8-10-19(11-9-18)17(3)4/h6-12,16-17,20H,13-15H2,1-5H3,(H,23,25). The van der Waals surface area contributed by atoms with E-state index in [1.165, 1.54) is 5.56 Å². The number of nitrogens with one attached hydrogen (secondary N) is 1. The Balaban J connectivity index is 1.94. The van der Waals surface area contributed by atoms with Gasteiger partial charge in [0.2, 0.25) is 0 Å². The molecule has 0 spiro atoms. The topological polar surface area (TPSA) is 54.7 Å². The summed E-state index contributed by atoms with van der Waals surface area (Å²) < 4.78 is 11.2. The molecule has 0 saturated heterocycles. The highest BCUT2D eigenvalue weighted by molar-refractivity contribution is 5.74. The maximum Gasteiger partial charge on any atom is 0.318 e.